The van der Waals surface area contributed by atoms with Crippen LogP contribution in [-0.2, 0) is 9.59 Å². The first-order valence-electron chi connectivity index (χ1n) is 15.1. The van der Waals surface area contributed by atoms with Gasteiger partial charge in [0.1, 0.15) is 11.7 Å². The summed E-state index contributed by atoms with van der Waals surface area (Å²) in [5, 5.41) is 18.1. The largest absolute Gasteiger partial charge is 0.478 e. The molecule has 4 aromatic rings. The molecule has 47 heavy (non-hydrogen) atoms. The monoisotopic (exact) mass is 637 g/mol. The summed E-state index contributed by atoms with van der Waals surface area (Å²) < 4.78 is 1.86. The molecule has 12 heteroatoms. The van der Waals surface area contributed by atoms with E-state index in [0.29, 0.717) is 17.7 Å². The molecule has 1 aromatic heterocycles. The first-order valence-corrected chi connectivity index (χ1v) is 15.1. The van der Waals surface area contributed by atoms with Crippen LogP contribution in [0.15, 0.2) is 89.9 Å². The summed E-state index contributed by atoms with van der Waals surface area (Å²) in [5.41, 5.74) is 14.4. The highest BCUT2D eigenvalue weighted by Gasteiger charge is 2.32. The molecule has 1 atom stereocenters. The summed E-state index contributed by atoms with van der Waals surface area (Å²) in [5.74, 6) is -2.73. The molecule has 3 amide bonds. The first kappa shape index (κ1) is 34.0. The van der Waals surface area contributed by atoms with Gasteiger partial charge < -0.3 is 37.1 Å². The minimum atomic E-state index is -1.14. The maximum absolute atomic E-state index is 14.3. The third-order valence-corrected chi connectivity index (χ3v) is 7.30. The van der Waals surface area contributed by atoms with E-state index in [-0.39, 0.29) is 47.6 Å². The number of hydrogen-bond acceptors (Lipinski definition) is 5. The van der Waals surface area contributed by atoms with Crippen molar-refractivity contribution in [3.63, 3.8) is 0 Å². The summed E-state index contributed by atoms with van der Waals surface area (Å²) in [6.07, 6.45) is 0.625. The predicted molar refractivity (Wildman–Crippen MR) is 183 cm³/mol. The van der Waals surface area contributed by atoms with Crippen LogP contribution in [-0.4, -0.2) is 51.9 Å². The summed E-state index contributed by atoms with van der Waals surface area (Å²) >= 11 is 0. The lowest BCUT2D eigenvalue weighted by molar-refractivity contribution is -0.125. The van der Waals surface area contributed by atoms with Crippen LogP contribution in [0.3, 0.4) is 0 Å². The van der Waals surface area contributed by atoms with Crippen molar-refractivity contribution in [1.29, 1.82) is 0 Å². The molecule has 0 bridgehead atoms. The number of guanidine groups is 1. The van der Waals surface area contributed by atoms with Crippen molar-refractivity contribution in [2.75, 3.05) is 17.2 Å². The standard InChI is InChI=1S/C35H39N7O5/c1-21(2)42-30(24-14-8-5-9-15-24)28(23-12-6-4-7-13-23)29(31(42)33(45)40-26-17-10-16-25(20-26)34(46)47)41-32(44)27(39-22(3)43)18-11-19-38-35(36)37/h4-10,12-17,20-21,27H,11,18-19H2,1-3H3,(H,39,43)(H,40,45)(H,41,44)(H,46,47)(H4,36,37,38). The van der Waals surface area contributed by atoms with Crippen LogP contribution < -0.4 is 27.4 Å². The minimum Gasteiger partial charge on any atom is -0.478 e. The molecule has 0 fully saturated rings. The van der Waals surface area contributed by atoms with Crippen molar-refractivity contribution in [2.45, 2.75) is 45.7 Å². The number of benzene rings is 3. The number of aromatic carboxylic acids is 1. The topological polar surface area (TPSA) is 194 Å². The highest BCUT2D eigenvalue weighted by atomic mass is 16.4. The van der Waals surface area contributed by atoms with Crippen molar-refractivity contribution in [3.8, 4) is 22.4 Å². The number of amides is 3. The van der Waals surface area contributed by atoms with E-state index < -0.39 is 29.7 Å². The van der Waals surface area contributed by atoms with Gasteiger partial charge in [-0.1, -0.05) is 66.7 Å². The average molecular weight is 638 g/mol. The van der Waals surface area contributed by atoms with Gasteiger partial charge in [0, 0.05) is 30.8 Å². The number of carboxylic acids is 1. The van der Waals surface area contributed by atoms with Gasteiger partial charge in [-0.2, -0.15) is 0 Å². The maximum Gasteiger partial charge on any atom is 0.335 e. The Morgan fingerprint density at radius 1 is 0.872 bits per heavy atom. The zero-order valence-electron chi connectivity index (χ0n) is 26.5. The highest BCUT2D eigenvalue weighted by molar-refractivity contribution is 6.15. The Hall–Kier alpha value is -5.91. The van der Waals surface area contributed by atoms with Crippen molar-refractivity contribution in [1.82, 2.24) is 9.88 Å². The first-order chi connectivity index (χ1) is 22.5. The quantitative estimate of drug-likeness (QED) is 0.0685. The van der Waals surface area contributed by atoms with Crippen LogP contribution in [0.25, 0.3) is 22.4 Å². The molecule has 0 aliphatic heterocycles. The van der Waals surface area contributed by atoms with Crippen LogP contribution >= 0.6 is 0 Å². The Morgan fingerprint density at radius 3 is 2.09 bits per heavy atom. The normalized spacial score (nSPS) is 11.4. The van der Waals surface area contributed by atoms with Crippen LogP contribution in [0.5, 0.6) is 0 Å². The van der Waals surface area contributed by atoms with Gasteiger partial charge in [-0.15, -0.1) is 0 Å². The minimum absolute atomic E-state index is 0.00407. The zero-order valence-corrected chi connectivity index (χ0v) is 26.5. The summed E-state index contributed by atoms with van der Waals surface area (Å²) in [4.78, 5) is 56.1. The van der Waals surface area contributed by atoms with Crippen LogP contribution in [0.4, 0.5) is 11.4 Å². The lowest BCUT2D eigenvalue weighted by Gasteiger charge is -2.20. The second-order valence-electron chi connectivity index (χ2n) is 11.2. The molecule has 0 aliphatic carbocycles. The molecule has 12 nitrogen and oxygen atoms in total. The zero-order chi connectivity index (χ0) is 34.1. The maximum atomic E-state index is 14.3. The Balaban J connectivity index is 1.94. The number of carbonyl (C=O) groups is 4. The van der Waals surface area contributed by atoms with Gasteiger partial charge in [0.25, 0.3) is 5.91 Å². The van der Waals surface area contributed by atoms with E-state index in [1.165, 1.54) is 25.1 Å². The molecule has 3 aromatic carbocycles. The molecule has 8 N–H and O–H groups in total. The number of carbonyl (C=O) groups excluding carboxylic acids is 3. The molecule has 0 spiro atoms. The number of nitrogens with zero attached hydrogens (tertiary/aromatic N) is 2. The second kappa shape index (κ2) is 15.4. The van der Waals surface area contributed by atoms with Gasteiger partial charge >= 0.3 is 5.97 Å². The van der Waals surface area contributed by atoms with Gasteiger partial charge in [0.05, 0.1) is 16.9 Å². The van der Waals surface area contributed by atoms with E-state index in [1.807, 2.05) is 79.1 Å². The van der Waals surface area contributed by atoms with Gasteiger partial charge in [0.15, 0.2) is 5.96 Å². The third kappa shape index (κ3) is 8.42. The van der Waals surface area contributed by atoms with Crippen molar-refractivity contribution < 1.29 is 24.3 Å². The molecule has 244 valence electrons. The SMILES string of the molecule is CC(=O)NC(CCCN=C(N)N)C(=O)Nc1c(-c2ccccc2)c(-c2ccccc2)n(C(C)C)c1C(=O)Nc1cccc(C(=O)O)c1. The molecule has 1 unspecified atom stereocenters. The van der Waals surface area contributed by atoms with Crippen molar-refractivity contribution in [3.05, 3.63) is 96.2 Å². The number of nitrogens with two attached hydrogens (primary N) is 2. The van der Waals surface area contributed by atoms with Gasteiger partial charge in [-0.05, 0) is 56.0 Å². The summed E-state index contributed by atoms with van der Waals surface area (Å²) in [6.45, 7) is 5.43. The average Bonchev–Trinajstić information content (AvgIpc) is 3.38. The number of nitrogens with one attached hydrogen (secondary N) is 3. The van der Waals surface area contributed by atoms with E-state index in [0.717, 1.165) is 11.1 Å². The lowest BCUT2D eigenvalue weighted by Crippen LogP contribution is -2.43. The van der Waals surface area contributed by atoms with Crippen LogP contribution in [0.2, 0.25) is 0 Å². The fourth-order valence-electron chi connectivity index (χ4n) is 5.36. The number of rotatable bonds is 13. The molecule has 0 radical (unpaired) electrons. The molecule has 0 saturated heterocycles. The Bertz CT molecular complexity index is 1780. The van der Waals surface area contributed by atoms with Crippen LogP contribution in [0.1, 0.15) is 60.5 Å². The number of anilines is 2. The van der Waals surface area contributed by atoms with Crippen molar-refractivity contribution >= 4 is 41.0 Å². The number of carboxylic acid groups (broad SMARTS) is 1. The van der Waals surface area contributed by atoms with E-state index in [1.54, 1.807) is 6.07 Å². The molecule has 4 rings (SSSR count). The third-order valence-electron chi connectivity index (χ3n) is 7.30. The van der Waals surface area contributed by atoms with Crippen LogP contribution in [0, 0.1) is 0 Å². The fourth-order valence-corrected chi connectivity index (χ4v) is 5.36. The van der Waals surface area contributed by atoms with E-state index >= 15 is 0 Å². The Morgan fingerprint density at radius 2 is 1.51 bits per heavy atom. The second-order valence-corrected chi connectivity index (χ2v) is 11.2. The number of aromatic nitrogens is 1. The molecule has 0 aliphatic rings. The van der Waals surface area contributed by atoms with E-state index in [4.69, 9.17) is 11.5 Å². The lowest BCUT2D eigenvalue weighted by atomic mass is 9.99. The van der Waals surface area contributed by atoms with E-state index in [9.17, 15) is 24.3 Å². The fraction of sp³-hybridized carbons (Fsp3) is 0.229. The Kier molecular flexibility index (Phi) is 11.1. The Labute approximate surface area is 272 Å². The summed E-state index contributed by atoms with van der Waals surface area (Å²) in [6, 6.07) is 23.6. The number of hydrogen-bond donors (Lipinski definition) is 6. The van der Waals surface area contributed by atoms with Gasteiger partial charge in [-0.3, -0.25) is 19.4 Å². The smallest absolute Gasteiger partial charge is 0.335 e. The molecular weight excluding hydrogens is 598 g/mol. The molecule has 1 heterocycles. The summed E-state index contributed by atoms with van der Waals surface area (Å²) in [7, 11) is 0. The highest BCUT2D eigenvalue weighted by Crippen LogP contribution is 2.45. The molecule has 0 saturated carbocycles. The van der Waals surface area contributed by atoms with Gasteiger partial charge in [0.2, 0.25) is 11.8 Å². The van der Waals surface area contributed by atoms with E-state index in [2.05, 4.69) is 20.9 Å². The van der Waals surface area contributed by atoms with Crippen molar-refractivity contribution in [2.24, 2.45) is 16.5 Å². The van der Waals surface area contributed by atoms with Gasteiger partial charge in [-0.25, -0.2) is 4.79 Å². The predicted octanol–water partition coefficient (Wildman–Crippen LogP) is 4.85. The number of aliphatic imine (C=N–C) groups is 1. The molecular formula is C35H39N7O5.